The van der Waals surface area contributed by atoms with Crippen LogP contribution in [0.25, 0.3) is 6.08 Å². The van der Waals surface area contributed by atoms with Crippen LogP contribution < -0.4 is 29.1 Å². The number of carbonyl (C=O) groups excluding carboxylic acids is 1. The van der Waals surface area contributed by atoms with Crippen molar-refractivity contribution in [3.05, 3.63) is 83.0 Å². The van der Waals surface area contributed by atoms with Crippen LogP contribution >= 0.6 is 27.3 Å². The first kappa shape index (κ1) is 28.6. The number of hydrogen-bond acceptors (Lipinski definition) is 8. The Morgan fingerprint density at radius 1 is 1.08 bits per heavy atom. The number of rotatable bonds is 10. The van der Waals surface area contributed by atoms with Gasteiger partial charge in [0.15, 0.2) is 4.80 Å². The van der Waals surface area contributed by atoms with Crippen molar-refractivity contribution in [2.45, 2.75) is 39.7 Å². The summed E-state index contributed by atoms with van der Waals surface area (Å²) in [4.78, 5) is 32.7. The van der Waals surface area contributed by atoms with Crippen LogP contribution in [-0.4, -0.2) is 38.0 Å². The lowest BCUT2D eigenvalue weighted by Gasteiger charge is -2.27. The third kappa shape index (κ3) is 5.81. The first-order valence-electron chi connectivity index (χ1n) is 12.7. The quantitative estimate of drug-likeness (QED) is 0.306. The second-order valence-electron chi connectivity index (χ2n) is 8.64. The molecule has 2 aromatic carbocycles. The zero-order valence-corrected chi connectivity index (χ0v) is 25.0. The highest BCUT2D eigenvalue weighted by atomic mass is 79.9. The Labute approximate surface area is 239 Å². The van der Waals surface area contributed by atoms with E-state index < -0.39 is 12.0 Å². The normalized spacial score (nSPS) is 15.0. The molecular weight excluding hydrogens is 584 g/mol. The van der Waals surface area contributed by atoms with Gasteiger partial charge in [-0.15, -0.1) is 0 Å². The van der Waals surface area contributed by atoms with Gasteiger partial charge in [-0.25, -0.2) is 9.79 Å². The smallest absolute Gasteiger partial charge is 0.338 e. The second kappa shape index (κ2) is 12.7. The van der Waals surface area contributed by atoms with E-state index in [2.05, 4.69) is 15.9 Å². The van der Waals surface area contributed by atoms with Crippen molar-refractivity contribution < 1.29 is 23.7 Å². The topological polar surface area (TPSA) is 88.4 Å². The van der Waals surface area contributed by atoms with Gasteiger partial charge >= 0.3 is 5.97 Å². The molecule has 1 aromatic heterocycles. The van der Waals surface area contributed by atoms with Gasteiger partial charge in [0, 0.05) is 5.56 Å². The van der Waals surface area contributed by atoms with E-state index in [9.17, 15) is 9.59 Å². The van der Waals surface area contributed by atoms with E-state index in [1.54, 1.807) is 43.9 Å². The van der Waals surface area contributed by atoms with Crippen LogP contribution in [0.2, 0.25) is 0 Å². The molecule has 0 radical (unpaired) electrons. The maximum atomic E-state index is 14.0. The number of ether oxygens (including phenoxy) is 4. The van der Waals surface area contributed by atoms with Gasteiger partial charge in [-0.1, -0.05) is 30.7 Å². The fraction of sp³-hybridized carbons (Fsp3) is 0.345. The largest absolute Gasteiger partial charge is 0.497 e. The molecule has 206 valence electrons. The monoisotopic (exact) mass is 614 g/mol. The van der Waals surface area contributed by atoms with Crippen molar-refractivity contribution in [2.75, 3.05) is 27.4 Å². The molecule has 0 bridgehead atoms. The molecule has 8 nitrogen and oxygen atoms in total. The first-order valence-corrected chi connectivity index (χ1v) is 14.3. The molecule has 0 aliphatic carbocycles. The van der Waals surface area contributed by atoms with Crippen LogP contribution in [0.5, 0.6) is 17.2 Å². The van der Waals surface area contributed by atoms with Gasteiger partial charge < -0.3 is 18.9 Å². The van der Waals surface area contributed by atoms with Gasteiger partial charge in [-0.05, 0) is 78.2 Å². The number of methoxy groups -OCH3 is 2. The number of allylic oxidation sites excluding steroid dienone is 1. The number of benzene rings is 2. The number of esters is 1. The van der Waals surface area contributed by atoms with Crippen molar-refractivity contribution in [3.63, 3.8) is 0 Å². The summed E-state index contributed by atoms with van der Waals surface area (Å²) in [5.41, 5.74) is 2.09. The van der Waals surface area contributed by atoms with Gasteiger partial charge in [0.1, 0.15) is 23.3 Å². The molecule has 4 rings (SSSR count). The van der Waals surface area contributed by atoms with Crippen molar-refractivity contribution in [2.24, 2.45) is 4.99 Å². The Hall–Kier alpha value is -3.37. The molecule has 1 atom stereocenters. The van der Waals surface area contributed by atoms with E-state index in [1.807, 2.05) is 38.1 Å². The fourth-order valence-corrected chi connectivity index (χ4v) is 6.03. The van der Waals surface area contributed by atoms with Crippen molar-refractivity contribution in [3.8, 4) is 17.2 Å². The lowest BCUT2D eigenvalue weighted by atomic mass is 9.93. The van der Waals surface area contributed by atoms with Crippen LogP contribution in [0.3, 0.4) is 0 Å². The minimum absolute atomic E-state index is 0.195. The Morgan fingerprint density at radius 3 is 2.49 bits per heavy atom. The summed E-state index contributed by atoms with van der Waals surface area (Å²) in [5, 5.41) is 0. The Bertz CT molecular complexity index is 1590. The third-order valence-corrected chi connectivity index (χ3v) is 7.78. The van der Waals surface area contributed by atoms with E-state index in [-0.39, 0.29) is 12.2 Å². The molecule has 0 N–H and O–H groups in total. The number of nitrogens with zero attached hydrogens (tertiary/aromatic N) is 2. The van der Waals surface area contributed by atoms with E-state index >= 15 is 0 Å². The zero-order chi connectivity index (χ0) is 28.1. The average molecular weight is 616 g/mol. The molecule has 0 amide bonds. The molecule has 2 heterocycles. The Balaban J connectivity index is 2.00. The van der Waals surface area contributed by atoms with Gasteiger partial charge in [-0.3, -0.25) is 9.36 Å². The van der Waals surface area contributed by atoms with Crippen LogP contribution in [0.4, 0.5) is 0 Å². The van der Waals surface area contributed by atoms with Crippen molar-refractivity contribution >= 4 is 39.3 Å². The molecule has 39 heavy (non-hydrogen) atoms. The highest BCUT2D eigenvalue weighted by Crippen LogP contribution is 2.38. The molecule has 0 fully saturated rings. The summed E-state index contributed by atoms with van der Waals surface area (Å²) in [5.74, 6) is 1.31. The van der Waals surface area contributed by atoms with E-state index in [1.165, 1.54) is 11.3 Å². The predicted octanol–water partition coefficient (Wildman–Crippen LogP) is 4.76. The van der Waals surface area contributed by atoms with Crippen molar-refractivity contribution in [1.29, 1.82) is 0 Å². The van der Waals surface area contributed by atoms with Crippen LogP contribution in [0, 0.1) is 0 Å². The minimum atomic E-state index is -0.805. The summed E-state index contributed by atoms with van der Waals surface area (Å²) < 4.78 is 25.1. The zero-order valence-electron chi connectivity index (χ0n) is 22.6. The molecule has 0 saturated carbocycles. The molecule has 0 saturated heterocycles. The molecule has 10 heteroatoms. The highest BCUT2D eigenvalue weighted by Gasteiger charge is 2.36. The molecule has 0 unspecified atom stereocenters. The van der Waals surface area contributed by atoms with Gasteiger partial charge in [-0.2, -0.15) is 0 Å². The number of hydrogen-bond donors (Lipinski definition) is 0. The lowest BCUT2D eigenvalue weighted by molar-refractivity contribution is -0.139. The number of carbonyl (C=O) groups is 1. The van der Waals surface area contributed by atoms with E-state index in [0.29, 0.717) is 50.7 Å². The maximum absolute atomic E-state index is 14.0. The Kier molecular flexibility index (Phi) is 9.29. The van der Waals surface area contributed by atoms with Gasteiger partial charge in [0.05, 0.1) is 47.7 Å². The van der Waals surface area contributed by atoms with Gasteiger partial charge in [0.2, 0.25) is 0 Å². The summed E-state index contributed by atoms with van der Waals surface area (Å²) in [6.45, 7) is 6.44. The molecule has 1 aliphatic rings. The number of fused-ring (bicyclic) bond motifs is 1. The minimum Gasteiger partial charge on any atom is -0.497 e. The number of halogens is 1. The summed E-state index contributed by atoms with van der Waals surface area (Å²) in [6.07, 6.45) is 3.13. The Morgan fingerprint density at radius 2 is 1.85 bits per heavy atom. The molecule has 1 aliphatic heterocycles. The predicted molar refractivity (Wildman–Crippen MR) is 154 cm³/mol. The highest BCUT2D eigenvalue weighted by molar-refractivity contribution is 9.10. The maximum Gasteiger partial charge on any atom is 0.338 e. The van der Waals surface area contributed by atoms with Crippen LogP contribution in [-0.2, 0) is 9.53 Å². The summed E-state index contributed by atoms with van der Waals surface area (Å²) in [6, 6.07) is 10.2. The SMILES string of the molecule is CCCC1=C(C(=O)OCC)[C@H](c2cc(OC)ccc2OC)n2c(s/c(=C\c3ccc(OCC)c(Br)c3)c2=O)=N1. The first-order chi connectivity index (χ1) is 18.9. The summed E-state index contributed by atoms with van der Waals surface area (Å²) >= 11 is 4.82. The standard InChI is InChI=1S/C29H31BrN2O6S/c1-6-9-21-25(28(34)38-8-3)26(19-16-18(35-4)11-13-22(19)36-5)32-27(33)24(39-29(32)31-21)15-17-10-12-23(37-7-2)20(30)14-17/h10-16,26H,6-9H2,1-5H3/b24-15-/t26-/m0/s1. The van der Waals surface area contributed by atoms with Gasteiger partial charge in [0.25, 0.3) is 5.56 Å². The van der Waals surface area contributed by atoms with Crippen LogP contribution in [0.15, 0.2) is 61.9 Å². The molecular formula is C29H31BrN2O6S. The second-order valence-corrected chi connectivity index (χ2v) is 10.5. The van der Waals surface area contributed by atoms with Crippen LogP contribution in [0.1, 0.15) is 50.8 Å². The number of aromatic nitrogens is 1. The average Bonchev–Trinajstić information content (AvgIpc) is 3.23. The van der Waals surface area contributed by atoms with E-state index in [4.69, 9.17) is 23.9 Å². The number of thiazole rings is 1. The summed E-state index contributed by atoms with van der Waals surface area (Å²) in [7, 11) is 3.12. The lowest BCUT2D eigenvalue weighted by Crippen LogP contribution is -2.40. The van der Waals surface area contributed by atoms with E-state index in [0.717, 1.165) is 22.2 Å². The molecule has 0 spiro atoms. The van der Waals surface area contributed by atoms with Crippen molar-refractivity contribution in [1.82, 2.24) is 4.57 Å². The third-order valence-electron chi connectivity index (χ3n) is 6.18. The molecule has 3 aromatic rings. The fourth-order valence-electron chi connectivity index (χ4n) is 4.50.